The highest BCUT2D eigenvalue weighted by Gasteiger charge is 2.24. The number of sulfonamides is 1. The van der Waals surface area contributed by atoms with Crippen LogP contribution in [0, 0.1) is 18.8 Å². The van der Waals surface area contributed by atoms with Crippen molar-refractivity contribution in [2.45, 2.75) is 32.1 Å². The SMILES string of the molecule is Cc1ccc(S(=O)(=O)NCC(CC(C)C)C(=O)O)c2cccnc12. The van der Waals surface area contributed by atoms with Gasteiger partial charge in [0.1, 0.15) is 0 Å². The van der Waals surface area contributed by atoms with E-state index in [1.807, 2.05) is 20.8 Å². The standard InChI is InChI=1S/C17H22N2O4S/c1-11(2)9-13(17(20)21)10-19-24(22,23)15-7-6-12(3)16-14(15)5-4-8-18-16/h4-8,11,13,19H,9-10H2,1-3H3,(H,20,21). The summed E-state index contributed by atoms with van der Waals surface area (Å²) in [5.74, 6) is -1.59. The first-order valence-electron chi connectivity index (χ1n) is 7.79. The minimum absolute atomic E-state index is 0.116. The average molecular weight is 350 g/mol. The number of hydrogen-bond donors (Lipinski definition) is 2. The highest BCUT2D eigenvalue weighted by Crippen LogP contribution is 2.24. The molecule has 0 saturated heterocycles. The molecule has 0 fully saturated rings. The van der Waals surface area contributed by atoms with Crippen molar-refractivity contribution in [2.24, 2.45) is 11.8 Å². The van der Waals surface area contributed by atoms with Gasteiger partial charge in [0.2, 0.25) is 10.0 Å². The third kappa shape index (κ3) is 4.10. The molecule has 0 saturated carbocycles. The van der Waals surface area contributed by atoms with E-state index in [2.05, 4.69) is 9.71 Å². The minimum atomic E-state index is -3.82. The molecule has 2 aromatic rings. The summed E-state index contributed by atoms with van der Waals surface area (Å²) in [4.78, 5) is 15.6. The lowest BCUT2D eigenvalue weighted by molar-refractivity contribution is -0.142. The van der Waals surface area contributed by atoms with Crippen LogP contribution >= 0.6 is 0 Å². The maximum Gasteiger partial charge on any atom is 0.307 e. The molecule has 6 nitrogen and oxygen atoms in total. The van der Waals surface area contributed by atoms with Crippen LogP contribution in [0.3, 0.4) is 0 Å². The number of carbonyl (C=O) groups is 1. The number of aliphatic carboxylic acids is 1. The van der Waals surface area contributed by atoms with Gasteiger partial charge in [-0.2, -0.15) is 0 Å². The second-order valence-electron chi connectivity index (χ2n) is 6.30. The van der Waals surface area contributed by atoms with E-state index < -0.39 is 21.9 Å². The van der Waals surface area contributed by atoms with E-state index in [0.717, 1.165) is 5.56 Å². The fraction of sp³-hybridized carbons (Fsp3) is 0.412. The Morgan fingerprint density at radius 3 is 2.62 bits per heavy atom. The smallest absolute Gasteiger partial charge is 0.307 e. The van der Waals surface area contributed by atoms with Crippen molar-refractivity contribution in [2.75, 3.05) is 6.54 Å². The zero-order valence-corrected chi connectivity index (χ0v) is 14.8. The molecule has 1 atom stereocenters. The van der Waals surface area contributed by atoms with Gasteiger partial charge in [0.15, 0.2) is 0 Å². The molecule has 0 aliphatic heterocycles. The molecule has 24 heavy (non-hydrogen) atoms. The molecule has 1 aromatic carbocycles. The number of nitrogens with zero attached hydrogens (tertiary/aromatic N) is 1. The molecule has 0 bridgehead atoms. The molecule has 130 valence electrons. The first kappa shape index (κ1) is 18.4. The Morgan fingerprint density at radius 1 is 1.29 bits per heavy atom. The molecule has 2 N–H and O–H groups in total. The number of fused-ring (bicyclic) bond motifs is 1. The van der Waals surface area contributed by atoms with Crippen molar-refractivity contribution in [3.63, 3.8) is 0 Å². The number of hydrogen-bond acceptors (Lipinski definition) is 4. The summed E-state index contributed by atoms with van der Waals surface area (Å²) in [5, 5.41) is 9.78. The van der Waals surface area contributed by atoms with Gasteiger partial charge >= 0.3 is 5.97 Å². The number of carboxylic acids is 1. The fourth-order valence-electron chi connectivity index (χ4n) is 2.65. The van der Waals surface area contributed by atoms with Gasteiger partial charge in [-0.1, -0.05) is 19.9 Å². The molecule has 0 aliphatic rings. The number of benzene rings is 1. The second-order valence-corrected chi connectivity index (χ2v) is 8.03. The fourth-order valence-corrected chi connectivity index (χ4v) is 3.93. The van der Waals surface area contributed by atoms with Crippen molar-refractivity contribution >= 4 is 26.9 Å². The predicted molar refractivity (Wildman–Crippen MR) is 92.2 cm³/mol. The Bertz CT molecular complexity index is 847. The maximum absolute atomic E-state index is 12.6. The number of aromatic nitrogens is 1. The summed E-state index contributed by atoms with van der Waals surface area (Å²) in [5.41, 5.74) is 1.50. The first-order valence-corrected chi connectivity index (χ1v) is 9.27. The Kier molecular flexibility index (Phi) is 5.56. The van der Waals surface area contributed by atoms with E-state index in [1.54, 1.807) is 24.4 Å². The Balaban J connectivity index is 2.31. The zero-order valence-electron chi connectivity index (χ0n) is 14.0. The summed E-state index contributed by atoms with van der Waals surface area (Å²) in [6, 6.07) is 6.61. The number of nitrogens with one attached hydrogen (secondary N) is 1. The first-order chi connectivity index (χ1) is 11.2. The number of aryl methyl sites for hydroxylation is 1. The summed E-state index contributed by atoms with van der Waals surface area (Å²) < 4.78 is 27.7. The minimum Gasteiger partial charge on any atom is -0.481 e. The maximum atomic E-state index is 12.6. The van der Waals surface area contributed by atoms with Crippen molar-refractivity contribution in [1.29, 1.82) is 0 Å². The van der Waals surface area contributed by atoms with Crippen LogP contribution in [0.1, 0.15) is 25.8 Å². The van der Waals surface area contributed by atoms with Crippen molar-refractivity contribution in [3.8, 4) is 0 Å². The summed E-state index contributed by atoms with van der Waals surface area (Å²) in [7, 11) is -3.82. The zero-order chi connectivity index (χ0) is 17.9. The molecule has 1 heterocycles. The topological polar surface area (TPSA) is 96.4 Å². The molecule has 1 aromatic heterocycles. The van der Waals surface area contributed by atoms with Gasteiger partial charge in [0, 0.05) is 18.1 Å². The van der Waals surface area contributed by atoms with E-state index in [0.29, 0.717) is 17.3 Å². The van der Waals surface area contributed by atoms with Gasteiger partial charge in [0.05, 0.1) is 16.3 Å². The molecule has 0 aliphatic carbocycles. The molecular formula is C17H22N2O4S. The largest absolute Gasteiger partial charge is 0.481 e. The molecule has 0 amide bonds. The normalized spacial score (nSPS) is 13.3. The molecule has 7 heteroatoms. The van der Waals surface area contributed by atoms with Crippen LogP contribution in [0.25, 0.3) is 10.9 Å². The quantitative estimate of drug-likeness (QED) is 0.800. The highest BCUT2D eigenvalue weighted by atomic mass is 32.2. The summed E-state index contributed by atoms with van der Waals surface area (Å²) in [6.45, 7) is 5.54. The van der Waals surface area contributed by atoms with Gasteiger partial charge in [-0.05, 0) is 43.0 Å². The lowest BCUT2D eigenvalue weighted by atomic mass is 9.98. The van der Waals surface area contributed by atoms with Crippen LogP contribution in [-0.2, 0) is 14.8 Å². The van der Waals surface area contributed by atoms with Crippen LogP contribution in [0.15, 0.2) is 35.4 Å². The Hall–Kier alpha value is -1.99. The molecule has 0 spiro atoms. The molecular weight excluding hydrogens is 328 g/mol. The monoisotopic (exact) mass is 350 g/mol. The average Bonchev–Trinajstić information content (AvgIpc) is 2.51. The third-order valence-electron chi connectivity index (χ3n) is 3.85. The van der Waals surface area contributed by atoms with Gasteiger partial charge in [-0.3, -0.25) is 9.78 Å². The van der Waals surface area contributed by atoms with Gasteiger partial charge in [0.25, 0.3) is 0 Å². The molecule has 2 rings (SSSR count). The van der Waals surface area contributed by atoms with Gasteiger partial charge in [-0.15, -0.1) is 0 Å². The van der Waals surface area contributed by atoms with Crippen molar-refractivity contribution in [1.82, 2.24) is 9.71 Å². The number of rotatable bonds is 7. The van der Waals surface area contributed by atoms with Gasteiger partial charge in [-0.25, -0.2) is 13.1 Å². The molecule has 1 unspecified atom stereocenters. The van der Waals surface area contributed by atoms with E-state index in [4.69, 9.17) is 0 Å². The predicted octanol–water partition coefficient (Wildman–Crippen LogP) is 2.57. The van der Waals surface area contributed by atoms with Gasteiger partial charge < -0.3 is 5.11 Å². The van der Waals surface area contributed by atoms with Crippen molar-refractivity contribution in [3.05, 3.63) is 36.0 Å². The third-order valence-corrected chi connectivity index (χ3v) is 5.33. The van der Waals surface area contributed by atoms with Crippen LogP contribution < -0.4 is 4.72 Å². The summed E-state index contributed by atoms with van der Waals surface area (Å²) >= 11 is 0. The second kappa shape index (κ2) is 7.27. The number of carboxylic acid groups (broad SMARTS) is 1. The van der Waals surface area contributed by atoms with Crippen LogP contribution in [0.5, 0.6) is 0 Å². The number of pyridine rings is 1. The van der Waals surface area contributed by atoms with E-state index in [9.17, 15) is 18.3 Å². The Morgan fingerprint density at radius 2 is 2.00 bits per heavy atom. The summed E-state index contributed by atoms with van der Waals surface area (Å²) in [6.07, 6.45) is 2.02. The van der Waals surface area contributed by atoms with Crippen LogP contribution in [0.4, 0.5) is 0 Å². The van der Waals surface area contributed by atoms with Crippen LogP contribution in [-0.4, -0.2) is 31.0 Å². The van der Waals surface area contributed by atoms with E-state index in [1.165, 1.54) is 6.07 Å². The molecule has 0 radical (unpaired) electrons. The van der Waals surface area contributed by atoms with Crippen molar-refractivity contribution < 1.29 is 18.3 Å². The lowest BCUT2D eigenvalue weighted by Crippen LogP contribution is -2.33. The van der Waals surface area contributed by atoms with E-state index >= 15 is 0 Å². The lowest BCUT2D eigenvalue weighted by Gasteiger charge is -2.16. The highest BCUT2D eigenvalue weighted by molar-refractivity contribution is 7.89. The van der Waals surface area contributed by atoms with Crippen LogP contribution in [0.2, 0.25) is 0 Å². The van der Waals surface area contributed by atoms with E-state index in [-0.39, 0.29) is 17.4 Å². The Labute approximate surface area is 142 Å².